The first kappa shape index (κ1) is 13.2. The zero-order chi connectivity index (χ0) is 14.5. The molecule has 0 aliphatic rings. The molecule has 0 spiro atoms. The average molecular weight is 271 g/mol. The van der Waals surface area contributed by atoms with Gasteiger partial charge in [0, 0.05) is 5.69 Å². The Bertz CT molecular complexity index is 701. The number of aromatic nitrogens is 3. The van der Waals surface area contributed by atoms with Crippen LogP contribution in [-0.4, -0.2) is 32.0 Å². The molecule has 0 aliphatic heterocycles. The molecule has 0 bridgehead atoms. The molecule has 2 aromatic rings. The van der Waals surface area contributed by atoms with E-state index in [-0.39, 0.29) is 12.2 Å². The summed E-state index contributed by atoms with van der Waals surface area (Å²) in [5.41, 5.74) is 0.854. The number of rotatable bonds is 4. The minimum absolute atomic E-state index is 0.00592. The van der Waals surface area contributed by atoms with Crippen molar-refractivity contribution < 1.29 is 14.7 Å². The maximum Gasteiger partial charge on any atom is 0.325 e. The molecule has 0 radical (unpaired) electrons. The van der Waals surface area contributed by atoms with Crippen molar-refractivity contribution in [2.75, 3.05) is 5.32 Å². The molecule has 0 fully saturated rings. The van der Waals surface area contributed by atoms with Crippen molar-refractivity contribution in [1.82, 2.24) is 15.0 Å². The number of nitrogens with one attached hydrogen (secondary N) is 1. The minimum atomic E-state index is -1.08. The fourth-order valence-electron chi connectivity index (χ4n) is 1.48. The molecule has 8 nitrogen and oxygen atoms in total. The molecule has 0 saturated heterocycles. The van der Waals surface area contributed by atoms with E-state index in [4.69, 9.17) is 10.4 Å². The largest absolute Gasteiger partial charge is 0.480 e. The van der Waals surface area contributed by atoms with Gasteiger partial charge >= 0.3 is 5.97 Å². The molecular formula is C12H9N5O3. The maximum atomic E-state index is 11.9. The summed E-state index contributed by atoms with van der Waals surface area (Å²) in [4.78, 5) is 22.3. The van der Waals surface area contributed by atoms with Gasteiger partial charge in [-0.15, -0.1) is 5.10 Å². The van der Waals surface area contributed by atoms with Gasteiger partial charge in [0.05, 0.1) is 17.8 Å². The van der Waals surface area contributed by atoms with Crippen LogP contribution in [0, 0.1) is 11.3 Å². The van der Waals surface area contributed by atoms with Gasteiger partial charge in [-0.05, 0) is 18.2 Å². The highest BCUT2D eigenvalue weighted by Gasteiger charge is 2.12. The van der Waals surface area contributed by atoms with Crippen molar-refractivity contribution in [1.29, 1.82) is 5.26 Å². The van der Waals surface area contributed by atoms with Crippen LogP contribution in [0.25, 0.3) is 0 Å². The summed E-state index contributed by atoms with van der Waals surface area (Å²) in [5, 5.41) is 27.0. The Morgan fingerprint density at radius 3 is 2.95 bits per heavy atom. The standard InChI is InChI=1S/C12H9N5O3/c13-5-8-2-1-3-9(4-8)14-12(20)10-6-17(16-15-10)7-11(18)19/h1-4,6H,7H2,(H,14,20)(H,18,19). The van der Waals surface area contributed by atoms with Gasteiger partial charge in [0.2, 0.25) is 0 Å². The normalized spacial score (nSPS) is 9.75. The fraction of sp³-hybridized carbons (Fsp3) is 0.0833. The van der Waals surface area contributed by atoms with Crippen LogP contribution in [-0.2, 0) is 11.3 Å². The Labute approximate surface area is 113 Å². The zero-order valence-electron chi connectivity index (χ0n) is 10.1. The molecule has 2 rings (SSSR count). The van der Waals surface area contributed by atoms with Crippen LogP contribution < -0.4 is 5.32 Å². The van der Waals surface area contributed by atoms with Gasteiger partial charge in [-0.25, -0.2) is 4.68 Å². The molecule has 1 amide bonds. The van der Waals surface area contributed by atoms with E-state index < -0.39 is 11.9 Å². The Morgan fingerprint density at radius 2 is 2.25 bits per heavy atom. The molecule has 0 saturated carbocycles. The van der Waals surface area contributed by atoms with E-state index in [1.54, 1.807) is 18.2 Å². The van der Waals surface area contributed by atoms with E-state index in [2.05, 4.69) is 15.6 Å². The summed E-state index contributed by atoms with van der Waals surface area (Å²) in [6.07, 6.45) is 1.23. The summed E-state index contributed by atoms with van der Waals surface area (Å²) in [6.45, 7) is -0.371. The van der Waals surface area contributed by atoms with Crippen LogP contribution in [0.1, 0.15) is 16.1 Å². The first-order valence-corrected chi connectivity index (χ1v) is 5.52. The van der Waals surface area contributed by atoms with Crippen LogP contribution >= 0.6 is 0 Å². The Morgan fingerprint density at radius 1 is 1.45 bits per heavy atom. The van der Waals surface area contributed by atoms with Gasteiger partial charge in [-0.1, -0.05) is 11.3 Å². The Hall–Kier alpha value is -3.21. The van der Waals surface area contributed by atoms with Gasteiger partial charge in [0.1, 0.15) is 6.54 Å². The van der Waals surface area contributed by atoms with Gasteiger partial charge in [0.25, 0.3) is 5.91 Å². The van der Waals surface area contributed by atoms with Gasteiger partial charge < -0.3 is 10.4 Å². The number of benzene rings is 1. The molecule has 1 aromatic carbocycles. The summed E-state index contributed by atoms with van der Waals surface area (Å²) in [5.74, 6) is -1.61. The highest BCUT2D eigenvalue weighted by molar-refractivity contribution is 6.02. The van der Waals surface area contributed by atoms with Gasteiger partial charge in [-0.2, -0.15) is 5.26 Å². The lowest BCUT2D eigenvalue weighted by Gasteiger charge is -2.02. The molecule has 0 aliphatic carbocycles. The number of amides is 1. The molecular weight excluding hydrogens is 262 g/mol. The number of carboxylic acid groups (broad SMARTS) is 1. The first-order chi connectivity index (χ1) is 9.58. The third-order valence-electron chi connectivity index (χ3n) is 2.32. The number of carboxylic acids is 1. The summed E-state index contributed by atoms with van der Waals surface area (Å²) in [7, 11) is 0. The van der Waals surface area contributed by atoms with Crippen LogP contribution in [0.4, 0.5) is 5.69 Å². The van der Waals surface area contributed by atoms with E-state index in [0.29, 0.717) is 11.3 Å². The monoisotopic (exact) mass is 271 g/mol. The topological polar surface area (TPSA) is 121 Å². The van der Waals surface area contributed by atoms with Crippen molar-refractivity contribution in [2.24, 2.45) is 0 Å². The summed E-state index contributed by atoms with van der Waals surface area (Å²) in [6, 6.07) is 8.34. The number of nitriles is 1. The van der Waals surface area contributed by atoms with Crippen molar-refractivity contribution in [3.63, 3.8) is 0 Å². The third-order valence-corrected chi connectivity index (χ3v) is 2.32. The number of aliphatic carboxylic acids is 1. The number of carbonyl (C=O) groups is 2. The van der Waals surface area contributed by atoms with Crippen LogP contribution in [0.2, 0.25) is 0 Å². The molecule has 100 valence electrons. The van der Waals surface area contributed by atoms with Crippen LogP contribution in [0.5, 0.6) is 0 Å². The lowest BCUT2D eigenvalue weighted by molar-refractivity contribution is -0.137. The SMILES string of the molecule is N#Cc1cccc(NC(=O)c2cn(CC(=O)O)nn2)c1. The predicted molar refractivity (Wildman–Crippen MR) is 66.8 cm³/mol. The van der Waals surface area contributed by atoms with Crippen LogP contribution in [0.15, 0.2) is 30.5 Å². The number of carbonyl (C=O) groups excluding carboxylic acids is 1. The van der Waals surface area contributed by atoms with Crippen LogP contribution in [0.3, 0.4) is 0 Å². The number of anilines is 1. The van der Waals surface area contributed by atoms with Crippen molar-refractivity contribution >= 4 is 17.6 Å². The summed E-state index contributed by atoms with van der Waals surface area (Å²) >= 11 is 0. The first-order valence-electron chi connectivity index (χ1n) is 5.52. The smallest absolute Gasteiger partial charge is 0.325 e. The zero-order valence-corrected chi connectivity index (χ0v) is 10.1. The fourth-order valence-corrected chi connectivity index (χ4v) is 1.48. The highest BCUT2D eigenvalue weighted by atomic mass is 16.4. The molecule has 0 unspecified atom stereocenters. The lowest BCUT2D eigenvalue weighted by atomic mass is 10.2. The van der Waals surface area contributed by atoms with Crippen molar-refractivity contribution in [3.8, 4) is 6.07 Å². The molecule has 1 aromatic heterocycles. The minimum Gasteiger partial charge on any atom is -0.480 e. The van der Waals surface area contributed by atoms with Gasteiger partial charge in [-0.3, -0.25) is 9.59 Å². The molecule has 0 atom stereocenters. The van der Waals surface area contributed by atoms with E-state index >= 15 is 0 Å². The molecule has 8 heteroatoms. The third kappa shape index (κ3) is 3.17. The van der Waals surface area contributed by atoms with E-state index in [9.17, 15) is 9.59 Å². The molecule has 1 heterocycles. The number of hydrogen-bond acceptors (Lipinski definition) is 5. The quantitative estimate of drug-likeness (QED) is 0.834. The average Bonchev–Trinajstić information content (AvgIpc) is 2.86. The second-order valence-corrected chi connectivity index (χ2v) is 3.84. The van der Waals surface area contributed by atoms with Gasteiger partial charge in [0.15, 0.2) is 5.69 Å². The van der Waals surface area contributed by atoms with Crippen molar-refractivity contribution in [2.45, 2.75) is 6.54 Å². The Balaban J connectivity index is 2.10. The predicted octanol–water partition coefficient (Wildman–Crippen LogP) is 0.487. The number of hydrogen-bond donors (Lipinski definition) is 2. The van der Waals surface area contributed by atoms with E-state index in [0.717, 1.165) is 4.68 Å². The maximum absolute atomic E-state index is 11.9. The summed E-state index contributed by atoms with van der Waals surface area (Å²) < 4.78 is 1.04. The second kappa shape index (κ2) is 5.62. The van der Waals surface area contributed by atoms with Crippen molar-refractivity contribution in [3.05, 3.63) is 41.7 Å². The van der Waals surface area contributed by atoms with E-state index in [1.807, 2.05) is 6.07 Å². The second-order valence-electron chi connectivity index (χ2n) is 3.84. The molecule has 2 N–H and O–H groups in total. The highest BCUT2D eigenvalue weighted by Crippen LogP contribution is 2.10. The molecule has 20 heavy (non-hydrogen) atoms. The Kier molecular flexibility index (Phi) is 3.72. The van der Waals surface area contributed by atoms with E-state index in [1.165, 1.54) is 12.3 Å². The lowest BCUT2D eigenvalue weighted by Crippen LogP contribution is -2.12. The number of nitrogens with zero attached hydrogens (tertiary/aromatic N) is 4.